The van der Waals surface area contributed by atoms with Gasteiger partial charge in [-0.3, -0.25) is 0 Å². The molecule has 0 bridgehead atoms. The number of benzene rings is 1. The van der Waals surface area contributed by atoms with Crippen molar-refractivity contribution >= 4 is 5.69 Å². The Labute approximate surface area is 214 Å². The lowest BCUT2D eigenvalue weighted by atomic mass is 9.82. The summed E-state index contributed by atoms with van der Waals surface area (Å²) in [6.07, 6.45) is -10.8. The number of aliphatic hydroxyl groups is 1. The molecule has 40 heavy (non-hydrogen) atoms. The minimum atomic E-state index is -8.69. The third kappa shape index (κ3) is 5.14. The van der Waals surface area contributed by atoms with Crippen molar-refractivity contribution < 1.29 is 79.7 Å². The van der Waals surface area contributed by atoms with Crippen molar-refractivity contribution in [2.45, 2.75) is 80.4 Å². The van der Waals surface area contributed by atoms with Crippen LogP contribution in [0.4, 0.5) is 80.3 Å². The van der Waals surface area contributed by atoms with E-state index in [1.165, 1.54) is 24.8 Å². The molecule has 234 valence electrons. The first-order chi connectivity index (χ1) is 17.5. The van der Waals surface area contributed by atoms with E-state index in [1.807, 2.05) is 0 Å². The number of nitrogens with zero attached hydrogens (tertiary/aromatic N) is 1. The third-order valence-electron chi connectivity index (χ3n) is 5.94. The van der Waals surface area contributed by atoms with Crippen molar-refractivity contribution in [1.82, 2.24) is 0 Å². The van der Waals surface area contributed by atoms with Crippen LogP contribution >= 0.6 is 0 Å². The van der Waals surface area contributed by atoms with Crippen molar-refractivity contribution in [3.63, 3.8) is 0 Å². The highest BCUT2D eigenvalue weighted by Gasteiger charge is 2.95. The minimum Gasteiger partial charge on any atom is -0.385 e. The molecule has 0 amide bonds. The van der Waals surface area contributed by atoms with Crippen LogP contribution in [0.1, 0.15) is 32.8 Å². The Hall–Kier alpha value is -2.21. The van der Waals surface area contributed by atoms with Gasteiger partial charge in [-0.05, 0) is 26.8 Å². The Balaban J connectivity index is 3.69. The molecule has 0 spiro atoms. The van der Waals surface area contributed by atoms with Crippen LogP contribution in [-0.2, 0) is 5.60 Å². The first kappa shape index (κ1) is 35.8. The van der Waals surface area contributed by atoms with Crippen LogP contribution in [-0.4, -0.2) is 65.8 Å². The zero-order valence-electron chi connectivity index (χ0n) is 20.3. The van der Waals surface area contributed by atoms with E-state index >= 15 is 0 Å². The number of hydrogen-bond acceptors (Lipinski definition) is 2. The molecular formula is C21H20F17NO. The van der Waals surface area contributed by atoms with E-state index in [-0.39, 0.29) is 18.8 Å². The maximum Gasteiger partial charge on any atom is 0.460 e. The summed E-state index contributed by atoms with van der Waals surface area (Å²) in [6.45, 7) is 3.41. The number of para-hydroxylation sites is 1. The molecule has 1 aromatic rings. The highest BCUT2D eigenvalue weighted by atomic mass is 19.4. The van der Waals surface area contributed by atoms with Gasteiger partial charge in [-0.15, -0.1) is 0 Å². The smallest absolute Gasteiger partial charge is 0.385 e. The van der Waals surface area contributed by atoms with Gasteiger partial charge in [0, 0.05) is 24.3 Å². The lowest BCUT2D eigenvalue weighted by Crippen LogP contribution is -2.74. The zero-order valence-corrected chi connectivity index (χ0v) is 20.3. The average Bonchev–Trinajstić information content (AvgIpc) is 2.78. The Morgan fingerprint density at radius 1 is 0.575 bits per heavy atom. The largest absolute Gasteiger partial charge is 0.460 e. The number of alkyl halides is 17. The van der Waals surface area contributed by atoms with Gasteiger partial charge in [0.2, 0.25) is 0 Å². The molecule has 0 aromatic heterocycles. The van der Waals surface area contributed by atoms with Gasteiger partial charge in [0.15, 0.2) is 0 Å². The second-order valence-corrected chi connectivity index (χ2v) is 8.79. The SMILES string of the molecule is CCN(CC)c1ccccc1C(C)(O)CC(F)(F)C(F)(F)C(F)(F)C(F)(F)C(F)(F)C(F)(F)C(F)(F)C(F)(F)F. The molecule has 1 aromatic carbocycles. The predicted octanol–water partition coefficient (Wildman–Crippen LogP) is 8.14. The van der Waals surface area contributed by atoms with Crippen LogP contribution in [0.3, 0.4) is 0 Å². The normalized spacial score (nSPS) is 16.6. The van der Waals surface area contributed by atoms with E-state index in [0.717, 1.165) is 18.2 Å². The quantitative estimate of drug-likeness (QED) is 0.237. The number of hydrogen-bond donors (Lipinski definition) is 1. The molecule has 0 radical (unpaired) electrons. The summed E-state index contributed by atoms with van der Waals surface area (Å²) in [5.74, 6) is -57.1. The molecule has 0 aliphatic rings. The number of anilines is 1. The minimum absolute atomic E-state index is 0.0757. The van der Waals surface area contributed by atoms with Gasteiger partial charge in [-0.25, -0.2) is 0 Å². The van der Waals surface area contributed by atoms with E-state index in [2.05, 4.69) is 0 Å². The Bertz CT molecular complexity index is 1030. The van der Waals surface area contributed by atoms with Crippen molar-refractivity contribution in [3.8, 4) is 0 Å². The summed E-state index contributed by atoms with van der Waals surface area (Å²) in [5, 5.41) is 10.5. The highest BCUT2D eigenvalue weighted by Crippen LogP contribution is 2.64. The second-order valence-electron chi connectivity index (χ2n) is 8.79. The molecule has 0 saturated carbocycles. The molecule has 19 heteroatoms. The maximum atomic E-state index is 14.5. The lowest BCUT2D eigenvalue weighted by molar-refractivity contribution is -0.462. The summed E-state index contributed by atoms with van der Waals surface area (Å²) in [6, 6.07) is 4.20. The molecule has 0 fully saturated rings. The Morgan fingerprint density at radius 3 is 1.30 bits per heavy atom. The van der Waals surface area contributed by atoms with E-state index < -0.39 is 65.2 Å². The van der Waals surface area contributed by atoms with E-state index in [9.17, 15) is 79.7 Å². The monoisotopic (exact) mass is 625 g/mol. The van der Waals surface area contributed by atoms with E-state index in [4.69, 9.17) is 0 Å². The van der Waals surface area contributed by atoms with Gasteiger partial charge in [-0.2, -0.15) is 74.6 Å². The Morgan fingerprint density at radius 2 is 0.925 bits per heavy atom. The lowest BCUT2D eigenvalue weighted by Gasteiger charge is -2.43. The molecule has 0 heterocycles. The predicted molar refractivity (Wildman–Crippen MR) is 105 cm³/mol. The molecule has 0 aliphatic heterocycles. The number of rotatable bonds is 12. The average molecular weight is 625 g/mol. The molecule has 1 N–H and O–H groups in total. The van der Waals surface area contributed by atoms with Gasteiger partial charge in [0.25, 0.3) is 0 Å². The fraction of sp³-hybridized carbons (Fsp3) is 0.714. The van der Waals surface area contributed by atoms with Gasteiger partial charge in [-0.1, -0.05) is 18.2 Å². The molecular weight excluding hydrogens is 605 g/mol. The van der Waals surface area contributed by atoms with Gasteiger partial charge in [0.1, 0.15) is 0 Å². The van der Waals surface area contributed by atoms with Crippen LogP contribution in [0.15, 0.2) is 24.3 Å². The third-order valence-corrected chi connectivity index (χ3v) is 5.94. The highest BCUT2D eigenvalue weighted by molar-refractivity contribution is 5.56. The Kier molecular flexibility index (Phi) is 9.18. The molecule has 1 atom stereocenters. The van der Waals surface area contributed by atoms with Gasteiger partial charge < -0.3 is 10.0 Å². The van der Waals surface area contributed by atoms with Crippen molar-refractivity contribution in [3.05, 3.63) is 29.8 Å². The van der Waals surface area contributed by atoms with Crippen LogP contribution in [0.2, 0.25) is 0 Å². The first-order valence-corrected chi connectivity index (χ1v) is 10.7. The summed E-state index contributed by atoms with van der Waals surface area (Å²) in [7, 11) is 0. The van der Waals surface area contributed by atoms with Crippen LogP contribution in [0.25, 0.3) is 0 Å². The summed E-state index contributed by atoms with van der Waals surface area (Å²) >= 11 is 0. The van der Waals surface area contributed by atoms with Crippen molar-refractivity contribution in [1.29, 1.82) is 0 Å². The fourth-order valence-electron chi connectivity index (χ4n) is 3.60. The van der Waals surface area contributed by atoms with Crippen molar-refractivity contribution in [2.24, 2.45) is 0 Å². The molecule has 0 aliphatic carbocycles. The molecule has 1 rings (SSSR count). The number of halogens is 17. The summed E-state index contributed by atoms with van der Waals surface area (Å²) in [4.78, 5) is 1.31. The molecule has 1 unspecified atom stereocenters. The van der Waals surface area contributed by atoms with Crippen molar-refractivity contribution in [2.75, 3.05) is 18.0 Å². The fourth-order valence-corrected chi connectivity index (χ4v) is 3.60. The second kappa shape index (κ2) is 10.3. The zero-order chi connectivity index (χ0) is 32.2. The van der Waals surface area contributed by atoms with Crippen LogP contribution in [0, 0.1) is 0 Å². The maximum absolute atomic E-state index is 14.5. The van der Waals surface area contributed by atoms with Crippen LogP contribution < -0.4 is 4.90 Å². The standard InChI is InChI=1S/C21H20F17NO/c1-4-39(5-2)12-9-7-6-8-11(12)13(3,40)10-14(22,23)15(24,25)16(26,27)17(28,29)18(30,31)19(32,33)20(34,35)21(36,37)38/h6-9,40H,4-5,10H2,1-3H3. The summed E-state index contributed by atoms with van der Waals surface area (Å²) < 4.78 is 230. The molecule has 2 nitrogen and oxygen atoms in total. The van der Waals surface area contributed by atoms with E-state index in [0.29, 0.717) is 6.92 Å². The van der Waals surface area contributed by atoms with Crippen LogP contribution in [0.5, 0.6) is 0 Å². The topological polar surface area (TPSA) is 23.5 Å². The summed E-state index contributed by atoms with van der Waals surface area (Å²) in [5.41, 5.74) is -4.24. The van der Waals surface area contributed by atoms with Gasteiger partial charge >= 0.3 is 47.6 Å². The first-order valence-electron chi connectivity index (χ1n) is 10.7. The van der Waals surface area contributed by atoms with Gasteiger partial charge in [0.05, 0.1) is 12.0 Å². The molecule has 0 saturated heterocycles. The van der Waals surface area contributed by atoms with E-state index in [1.54, 1.807) is 0 Å².